The van der Waals surface area contributed by atoms with Gasteiger partial charge in [-0.3, -0.25) is 0 Å². The molecule has 0 amide bonds. The van der Waals surface area contributed by atoms with Crippen molar-refractivity contribution in [3.8, 4) is 0 Å². The van der Waals surface area contributed by atoms with Crippen molar-refractivity contribution >= 4 is 0 Å². The van der Waals surface area contributed by atoms with Gasteiger partial charge in [-0.2, -0.15) is 0 Å². The lowest BCUT2D eigenvalue weighted by Crippen LogP contribution is -2.25. The Bertz CT molecular complexity index is 44.2. The average molecular weight is 106 g/mol. The number of aliphatic hydroxyl groups is 3. The van der Waals surface area contributed by atoms with Gasteiger partial charge in [-0.15, -0.1) is 0 Å². The number of aliphatic hydroxyl groups excluding tert-OH is 3. The van der Waals surface area contributed by atoms with Gasteiger partial charge in [-0.05, 0) is 6.92 Å². The highest BCUT2D eigenvalue weighted by atomic mass is 16.4. The summed E-state index contributed by atoms with van der Waals surface area (Å²) in [7, 11) is 0. The fourth-order valence-corrected chi connectivity index (χ4v) is 0.153. The molecule has 0 radical (unpaired) electrons. The lowest BCUT2D eigenvalue weighted by molar-refractivity contribution is -0.00425. The third-order valence-electron chi connectivity index (χ3n) is 0.744. The van der Waals surface area contributed by atoms with E-state index in [4.69, 9.17) is 15.3 Å². The number of rotatable bonds is 2. The van der Waals surface area contributed by atoms with Crippen molar-refractivity contribution in [1.29, 1.82) is 0 Å². The molecule has 0 heterocycles. The molecular formula is C4H10O3. The van der Waals surface area contributed by atoms with Crippen molar-refractivity contribution in [3.63, 3.8) is 0 Å². The molecule has 7 heavy (non-hydrogen) atoms. The van der Waals surface area contributed by atoms with E-state index in [2.05, 4.69) is 0 Å². The molecule has 0 aliphatic carbocycles. The zero-order valence-corrected chi connectivity index (χ0v) is 4.20. The van der Waals surface area contributed by atoms with Gasteiger partial charge in [0.05, 0.1) is 12.7 Å². The normalized spacial score (nSPS) is 18.9. The van der Waals surface area contributed by atoms with E-state index in [1.807, 2.05) is 0 Å². The van der Waals surface area contributed by atoms with Crippen LogP contribution in [0.4, 0.5) is 0 Å². The summed E-state index contributed by atoms with van der Waals surface area (Å²) in [5.74, 6) is 0. The van der Waals surface area contributed by atoms with Crippen molar-refractivity contribution in [2.24, 2.45) is 0 Å². The first-order valence-corrected chi connectivity index (χ1v) is 2.15. The number of hydrogen-bond donors (Lipinski definition) is 3. The van der Waals surface area contributed by atoms with Crippen molar-refractivity contribution in [3.05, 3.63) is 0 Å². The maximum atomic E-state index is 8.44. The van der Waals surface area contributed by atoms with Crippen LogP contribution in [-0.4, -0.2) is 34.1 Å². The summed E-state index contributed by atoms with van der Waals surface area (Å²) in [6.07, 6.45) is -1.81. The van der Waals surface area contributed by atoms with E-state index in [1.54, 1.807) is 0 Å². The van der Waals surface area contributed by atoms with Crippen LogP contribution < -0.4 is 0 Å². The predicted molar refractivity (Wildman–Crippen MR) is 24.8 cm³/mol. The standard InChI is InChI=1S/C4H10O3/c1-3(6)4(7)2-5/h3-7H,2H2,1H3/t3-,4-/m0/s1. The van der Waals surface area contributed by atoms with E-state index in [9.17, 15) is 0 Å². The first-order valence-electron chi connectivity index (χ1n) is 2.15. The van der Waals surface area contributed by atoms with Gasteiger partial charge in [-0.25, -0.2) is 0 Å². The van der Waals surface area contributed by atoms with Gasteiger partial charge in [0.25, 0.3) is 0 Å². The molecule has 0 aliphatic rings. The minimum Gasteiger partial charge on any atom is -0.394 e. The molecule has 0 aromatic rings. The van der Waals surface area contributed by atoms with E-state index in [1.165, 1.54) is 6.92 Å². The van der Waals surface area contributed by atoms with Gasteiger partial charge in [-0.1, -0.05) is 0 Å². The quantitative estimate of drug-likeness (QED) is 0.411. The molecule has 0 saturated heterocycles. The molecule has 3 nitrogen and oxygen atoms in total. The molecule has 0 aliphatic heterocycles. The summed E-state index contributed by atoms with van der Waals surface area (Å²) in [5, 5.41) is 24.9. The van der Waals surface area contributed by atoms with E-state index >= 15 is 0 Å². The van der Waals surface area contributed by atoms with E-state index < -0.39 is 12.2 Å². The third kappa shape index (κ3) is 2.56. The summed E-state index contributed by atoms with van der Waals surface area (Å²) < 4.78 is 0. The molecule has 0 fully saturated rings. The monoisotopic (exact) mass is 106 g/mol. The first kappa shape index (κ1) is 6.88. The highest BCUT2D eigenvalue weighted by molar-refractivity contribution is 4.57. The van der Waals surface area contributed by atoms with Gasteiger partial charge in [0.2, 0.25) is 0 Å². The molecule has 0 spiro atoms. The second-order valence-electron chi connectivity index (χ2n) is 1.49. The highest BCUT2D eigenvalue weighted by Crippen LogP contribution is 1.87. The Hall–Kier alpha value is -0.120. The Morgan fingerprint density at radius 1 is 1.43 bits per heavy atom. The molecular weight excluding hydrogens is 96.0 g/mol. The minimum absolute atomic E-state index is 0.377. The second-order valence-corrected chi connectivity index (χ2v) is 1.49. The largest absolute Gasteiger partial charge is 0.394 e. The van der Waals surface area contributed by atoms with Crippen LogP contribution in [-0.2, 0) is 0 Å². The molecule has 0 saturated carbocycles. The fraction of sp³-hybridized carbons (Fsp3) is 1.00. The summed E-state index contributed by atoms with van der Waals surface area (Å²) in [5.41, 5.74) is 0. The van der Waals surface area contributed by atoms with Crippen LogP contribution in [0.2, 0.25) is 0 Å². The van der Waals surface area contributed by atoms with Crippen LogP contribution in [0.5, 0.6) is 0 Å². The lowest BCUT2D eigenvalue weighted by Gasteiger charge is -2.07. The van der Waals surface area contributed by atoms with Gasteiger partial charge in [0.15, 0.2) is 0 Å². The van der Waals surface area contributed by atoms with Crippen molar-refractivity contribution in [2.75, 3.05) is 6.61 Å². The van der Waals surface area contributed by atoms with Gasteiger partial charge in [0, 0.05) is 0 Å². The van der Waals surface area contributed by atoms with E-state index in [0.29, 0.717) is 0 Å². The topological polar surface area (TPSA) is 60.7 Å². The van der Waals surface area contributed by atoms with E-state index in [0.717, 1.165) is 0 Å². The Labute approximate surface area is 42.2 Å². The molecule has 0 aromatic carbocycles. The molecule has 0 bridgehead atoms. The number of hydrogen-bond acceptors (Lipinski definition) is 3. The second kappa shape index (κ2) is 2.96. The zero-order chi connectivity index (χ0) is 5.86. The van der Waals surface area contributed by atoms with Crippen LogP contribution in [0.25, 0.3) is 0 Å². The van der Waals surface area contributed by atoms with Crippen molar-refractivity contribution < 1.29 is 15.3 Å². The maximum Gasteiger partial charge on any atom is 0.103 e. The zero-order valence-electron chi connectivity index (χ0n) is 4.20. The Morgan fingerprint density at radius 2 is 1.86 bits per heavy atom. The summed E-state index contributed by atoms with van der Waals surface area (Å²) in [6, 6.07) is 0. The van der Waals surface area contributed by atoms with Gasteiger partial charge in [0.1, 0.15) is 6.10 Å². The van der Waals surface area contributed by atoms with Crippen molar-refractivity contribution in [1.82, 2.24) is 0 Å². The Morgan fingerprint density at radius 3 is 1.86 bits per heavy atom. The summed E-state index contributed by atoms with van der Waals surface area (Å²) >= 11 is 0. The van der Waals surface area contributed by atoms with Gasteiger partial charge < -0.3 is 15.3 Å². The van der Waals surface area contributed by atoms with Gasteiger partial charge >= 0.3 is 0 Å². The fourth-order valence-electron chi connectivity index (χ4n) is 0.153. The average Bonchev–Trinajstić information content (AvgIpc) is 1.65. The van der Waals surface area contributed by atoms with Crippen LogP contribution in [0.3, 0.4) is 0 Å². The van der Waals surface area contributed by atoms with Crippen LogP contribution in [0, 0.1) is 0 Å². The molecule has 3 heteroatoms. The first-order chi connectivity index (χ1) is 3.18. The lowest BCUT2D eigenvalue weighted by atomic mass is 10.2. The van der Waals surface area contributed by atoms with Crippen molar-refractivity contribution in [2.45, 2.75) is 19.1 Å². The molecule has 44 valence electrons. The Kier molecular flexibility index (Phi) is 2.91. The molecule has 0 aromatic heterocycles. The Balaban J connectivity index is 3.14. The van der Waals surface area contributed by atoms with E-state index in [-0.39, 0.29) is 6.61 Å². The summed E-state index contributed by atoms with van der Waals surface area (Å²) in [4.78, 5) is 0. The predicted octanol–water partition coefficient (Wildman–Crippen LogP) is -1.28. The SMILES string of the molecule is C[C@H](O)[C@@H](O)CO. The highest BCUT2D eigenvalue weighted by Gasteiger charge is 2.06. The van der Waals surface area contributed by atoms with Crippen LogP contribution in [0.15, 0.2) is 0 Å². The molecule has 0 rings (SSSR count). The molecule has 0 unspecified atom stereocenters. The molecule has 2 atom stereocenters. The third-order valence-corrected chi connectivity index (χ3v) is 0.744. The maximum absolute atomic E-state index is 8.44. The molecule has 3 N–H and O–H groups in total. The van der Waals surface area contributed by atoms with Crippen LogP contribution >= 0.6 is 0 Å². The smallest absolute Gasteiger partial charge is 0.103 e. The van der Waals surface area contributed by atoms with Crippen LogP contribution in [0.1, 0.15) is 6.92 Å². The summed E-state index contributed by atoms with van der Waals surface area (Å²) in [6.45, 7) is 1.04. The minimum atomic E-state index is -0.986.